The molecule has 0 aliphatic carbocycles. The van der Waals surface area contributed by atoms with Crippen LogP contribution in [0.2, 0.25) is 0 Å². The molecule has 0 heterocycles. The number of hydrogen-bond donors (Lipinski definition) is 1. The minimum absolute atomic E-state index is 0.00962. The highest BCUT2D eigenvalue weighted by Gasteiger charge is 2.18. The molecule has 0 saturated heterocycles. The number of aryl methyl sites for hydroxylation is 1. The molecule has 1 rings (SSSR count). The molecule has 21 heavy (non-hydrogen) atoms. The fraction of sp³-hybridized carbons (Fsp3) is 0.471. The van der Waals surface area contributed by atoms with Gasteiger partial charge in [-0.1, -0.05) is 41.9 Å². The average Bonchev–Trinajstić information content (AvgIpc) is 2.46. The lowest BCUT2D eigenvalue weighted by Crippen LogP contribution is -2.40. The molecule has 0 unspecified atom stereocenters. The summed E-state index contributed by atoms with van der Waals surface area (Å²) in [5.41, 5.74) is 2.15. The second kappa shape index (κ2) is 9.00. The molecule has 1 aromatic carbocycles. The number of nitrogens with zero attached hydrogens (tertiary/aromatic N) is 1. The molecule has 0 aromatic heterocycles. The van der Waals surface area contributed by atoms with Crippen LogP contribution in [0.4, 0.5) is 0 Å². The number of hydrogen-bond acceptors (Lipinski definition) is 2. The molecule has 3 nitrogen and oxygen atoms in total. The van der Waals surface area contributed by atoms with E-state index in [1.54, 1.807) is 11.0 Å². The molecule has 0 aliphatic heterocycles. The number of rotatable bonds is 7. The number of halogens is 1. The first-order valence-electron chi connectivity index (χ1n) is 7.39. The van der Waals surface area contributed by atoms with Crippen molar-refractivity contribution in [3.05, 3.63) is 39.9 Å². The topological polar surface area (TPSA) is 40.5 Å². The molecular weight excluding hydrogens is 330 g/mol. The lowest BCUT2D eigenvalue weighted by Gasteiger charge is -2.29. The fourth-order valence-corrected chi connectivity index (χ4v) is 2.96. The van der Waals surface area contributed by atoms with E-state index in [2.05, 4.69) is 29.8 Å². The van der Waals surface area contributed by atoms with Gasteiger partial charge < -0.3 is 10.0 Å². The SMILES string of the molecule is CCC(CC)N(CCO)C(=O)C=Cc1ccc(C)cc1Br. The van der Waals surface area contributed by atoms with Crippen molar-refractivity contribution in [3.63, 3.8) is 0 Å². The molecule has 1 aromatic rings. The van der Waals surface area contributed by atoms with Gasteiger partial charge in [0.15, 0.2) is 0 Å². The van der Waals surface area contributed by atoms with Gasteiger partial charge >= 0.3 is 0 Å². The number of carbonyl (C=O) groups excluding carboxylic acids is 1. The van der Waals surface area contributed by atoms with Crippen LogP contribution in [0.5, 0.6) is 0 Å². The zero-order valence-corrected chi connectivity index (χ0v) is 14.6. The Labute approximate surface area is 135 Å². The Morgan fingerprint density at radius 2 is 2.05 bits per heavy atom. The van der Waals surface area contributed by atoms with Gasteiger partial charge in [-0.25, -0.2) is 0 Å². The quantitative estimate of drug-likeness (QED) is 0.757. The molecule has 0 aliphatic rings. The van der Waals surface area contributed by atoms with E-state index in [1.807, 2.05) is 31.2 Å². The summed E-state index contributed by atoms with van der Waals surface area (Å²) in [6.45, 7) is 6.52. The van der Waals surface area contributed by atoms with E-state index in [9.17, 15) is 4.79 Å². The van der Waals surface area contributed by atoms with Crippen molar-refractivity contribution in [1.29, 1.82) is 0 Å². The average molecular weight is 354 g/mol. The third-order valence-corrected chi connectivity index (χ3v) is 4.26. The van der Waals surface area contributed by atoms with Crippen LogP contribution in [-0.2, 0) is 4.79 Å². The van der Waals surface area contributed by atoms with Crippen molar-refractivity contribution in [3.8, 4) is 0 Å². The van der Waals surface area contributed by atoms with Crippen molar-refractivity contribution in [2.24, 2.45) is 0 Å². The number of aliphatic hydroxyl groups excluding tert-OH is 1. The summed E-state index contributed by atoms with van der Waals surface area (Å²) in [4.78, 5) is 14.1. The van der Waals surface area contributed by atoms with Gasteiger partial charge in [-0.2, -0.15) is 0 Å². The van der Waals surface area contributed by atoms with E-state index in [1.165, 1.54) is 5.56 Å². The molecule has 0 fully saturated rings. The van der Waals surface area contributed by atoms with Gasteiger partial charge in [0.05, 0.1) is 6.61 Å². The van der Waals surface area contributed by atoms with Crippen LogP contribution < -0.4 is 0 Å². The Balaban J connectivity index is 2.87. The maximum absolute atomic E-state index is 12.4. The summed E-state index contributed by atoms with van der Waals surface area (Å²) in [7, 11) is 0. The number of carbonyl (C=O) groups is 1. The molecule has 1 amide bonds. The first-order valence-corrected chi connectivity index (χ1v) is 8.18. The molecule has 1 N–H and O–H groups in total. The molecule has 0 atom stereocenters. The minimum Gasteiger partial charge on any atom is -0.395 e. The van der Waals surface area contributed by atoms with Crippen LogP contribution in [0.3, 0.4) is 0 Å². The standard InChI is InChI=1S/C17H24BrNO2/c1-4-15(5-2)19(10-11-20)17(21)9-8-14-7-6-13(3)12-16(14)18/h6-9,12,15,20H,4-5,10-11H2,1-3H3. The van der Waals surface area contributed by atoms with Crippen molar-refractivity contribution in [1.82, 2.24) is 4.90 Å². The van der Waals surface area contributed by atoms with Gasteiger partial charge in [0.2, 0.25) is 5.91 Å². The third kappa shape index (κ3) is 5.29. The van der Waals surface area contributed by atoms with E-state index < -0.39 is 0 Å². The summed E-state index contributed by atoms with van der Waals surface area (Å²) in [6.07, 6.45) is 5.19. The predicted molar refractivity (Wildman–Crippen MR) is 91.1 cm³/mol. The van der Waals surface area contributed by atoms with Crippen LogP contribution in [0, 0.1) is 6.92 Å². The summed E-state index contributed by atoms with van der Waals surface area (Å²) in [6, 6.07) is 6.20. The lowest BCUT2D eigenvalue weighted by atomic mass is 10.1. The van der Waals surface area contributed by atoms with E-state index in [0.29, 0.717) is 6.54 Å². The van der Waals surface area contributed by atoms with Crippen molar-refractivity contribution >= 4 is 27.9 Å². The van der Waals surface area contributed by atoms with Crippen LogP contribution in [-0.4, -0.2) is 35.1 Å². The summed E-state index contributed by atoms with van der Waals surface area (Å²) in [5, 5.41) is 9.16. The normalized spacial score (nSPS) is 11.3. The van der Waals surface area contributed by atoms with Gasteiger partial charge in [-0.05, 0) is 43.0 Å². The highest BCUT2D eigenvalue weighted by Crippen LogP contribution is 2.20. The van der Waals surface area contributed by atoms with Crippen LogP contribution in [0.1, 0.15) is 37.8 Å². The monoisotopic (exact) mass is 353 g/mol. The smallest absolute Gasteiger partial charge is 0.246 e. The summed E-state index contributed by atoms with van der Waals surface area (Å²) >= 11 is 3.51. The Morgan fingerprint density at radius 3 is 2.57 bits per heavy atom. The largest absolute Gasteiger partial charge is 0.395 e. The number of amides is 1. The Bertz CT molecular complexity index is 496. The Kier molecular flexibility index (Phi) is 7.68. The Morgan fingerprint density at radius 1 is 1.38 bits per heavy atom. The zero-order valence-electron chi connectivity index (χ0n) is 13.0. The highest BCUT2D eigenvalue weighted by molar-refractivity contribution is 9.10. The summed E-state index contributed by atoms with van der Waals surface area (Å²) in [5.74, 6) is -0.0507. The maximum atomic E-state index is 12.4. The van der Waals surface area contributed by atoms with Gasteiger partial charge in [-0.3, -0.25) is 4.79 Å². The van der Waals surface area contributed by atoms with Gasteiger partial charge in [0, 0.05) is 23.1 Å². The van der Waals surface area contributed by atoms with Crippen molar-refractivity contribution < 1.29 is 9.90 Å². The van der Waals surface area contributed by atoms with E-state index >= 15 is 0 Å². The van der Waals surface area contributed by atoms with Crippen molar-refractivity contribution in [2.75, 3.05) is 13.2 Å². The molecule has 4 heteroatoms. The number of aliphatic hydroxyl groups is 1. The van der Waals surface area contributed by atoms with Crippen LogP contribution in [0.25, 0.3) is 6.08 Å². The molecule has 0 bridgehead atoms. The maximum Gasteiger partial charge on any atom is 0.246 e. The van der Waals surface area contributed by atoms with Crippen molar-refractivity contribution in [2.45, 2.75) is 39.7 Å². The Hall–Kier alpha value is -1.13. The van der Waals surface area contributed by atoms with Gasteiger partial charge in [-0.15, -0.1) is 0 Å². The first-order chi connectivity index (χ1) is 10.0. The fourth-order valence-electron chi connectivity index (χ4n) is 2.33. The second-order valence-corrected chi connectivity index (χ2v) is 5.94. The minimum atomic E-state index is -0.0507. The van der Waals surface area contributed by atoms with E-state index in [4.69, 9.17) is 5.11 Å². The van der Waals surface area contributed by atoms with E-state index in [-0.39, 0.29) is 18.6 Å². The van der Waals surface area contributed by atoms with Gasteiger partial charge in [0.25, 0.3) is 0 Å². The molecule has 0 spiro atoms. The van der Waals surface area contributed by atoms with E-state index in [0.717, 1.165) is 22.9 Å². The third-order valence-electron chi connectivity index (χ3n) is 3.57. The van der Waals surface area contributed by atoms with Crippen LogP contribution >= 0.6 is 15.9 Å². The zero-order chi connectivity index (χ0) is 15.8. The highest BCUT2D eigenvalue weighted by atomic mass is 79.9. The molecule has 116 valence electrons. The second-order valence-electron chi connectivity index (χ2n) is 5.08. The van der Waals surface area contributed by atoms with Gasteiger partial charge in [0.1, 0.15) is 0 Å². The molecule has 0 radical (unpaired) electrons. The van der Waals surface area contributed by atoms with Crippen LogP contribution in [0.15, 0.2) is 28.7 Å². The summed E-state index contributed by atoms with van der Waals surface area (Å²) < 4.78 is 0.975. The first kappa shape index (κ1) is 17.9. The lowest BCUT2D eigenvalue weighted by molar-refractivity contribution is -0.128. The molecule has 0 saturated carbocycles. The molecular formula is C17H24BrNO2. The number of benzene rings is 1. The predicted octanol–water partition coefficient (Wildman–Crippen LogP) is 3.78.